The van der Waals surface area contributed by atoms with Gasteiger partial charge in [0.05, 0.1) is 22.0 Å². The molecule has 1 aromatic carbocycles. The Morgan fingerprint density at radius 1 is 1.42 bits per heavy atom. The Labute approximate surface area is 147 Å². The molecule has 1 atom stereocenters. The Balaban J connectivity index is 1.49. The van der Waals surface area contributed by atoms with Crippen molar-refractivity contribution in [2.75, 3.05) is 32.6 Å². The minimum Gasteiger partial charge on any atom is -0.384 e. The number of methoxy groups -OCH3 is 1. The summed E-state index contributed by atoms with van der Waals surface area (Å²) in [5.41, 5.74) is 2.03. The Morgan fingerprint density at radius 3 is 2.88 bits per heavy atom. The molecule has 0 saturated carbocycles. The van der Waals surface area contributed by atoms with Crippen LogP contribution in [0, 0.1) is 5.92 Å². The number of imidazole rings is 1. The number of aromatic amines is 1. The summed E-state index contributed by atoms with van der Waals surface area (Å²) >= 11 is 1.65. The van der Waals surface area contributed by atoms with Crippen LogP contribution in [-0.4, -0.2) is 53.3 Å². The van der Waals surface area contributed by atoms with Crippen molar-refractivity contribution in [2.45, 2.75) is 25.0 Å². The number of H-pyrrole nitrogens is 1. The number of para-hydroxylation sites is 2. The third-order valence-corrected chi connectivity index (χ3v) is 5.76. The van der Waals surface area contributed by atoms with Crippen LogP contribution in [0.4, 0.5) is 0 Å². The molecule has 3 rings (SSSR count). The predicted molar refractivity (Wildman–Crippen MR) is 98.1 cm³/mol. The number of nitrogens with one attached hydrogen (secondary N) is 1. The fraction of sp³-hybridized carbons (Fsp3) is 0.556. The number of thioether (sulfide) groups is 1. The van der Waals surface area contributed by atoms with Crippen LogP contribution in [0.25, 0.3) is 11.0 Å². The van der Waals surface area contributed by atoms with Crippen molar-refractivity contribution in [3.63, 3.8) is 0 Å². The van der Waals surface area contributed by atoms with Crippen LogP contribution in [0.5, 0.6) is 0 Å². The molecule has 130 valence electrons. The lowest BCUT2D eigenvalue weighted by atomic mass is 9.98. The van der Waals surface area contributed by atoms with E-state index in [2.05, 4.69) is 16.9 Å². The molecule has 1 aliphatic rings. The summed E-state index contributed by atoms with van der Waals surface area (Å²) in [7, 11) is 1.74. The molecule has 6 heteroatoms. The summed E-state index contributed by atoms with van der Waals surface area (Å²) in [6.07, 6.45) is 2.09. The summed E-state index contributed by atoms with van der Waals surface area (Å²) < 4.78 is 5.21. The van der Waals surface area contributed by atoms with Gasteiger partial charge in [-0.25, -0.2) is 4.98 Å². The zero-order chi connectivity index (χ0) is 16.9. The van der Waals surface area contributed by atoms with Gasteiger partial charge in [-0.2, -0.15) is 0 Å². The van der Waals surface area contributed by atoms with E-state index in [0.29, 0.717) is 11.7 Å². The molecular weight excluding hydrogens is 322 g/mol. The number of carbonyl (C=O) groups excluding carboxylic acids is 1. The monoisotopic (exact) mass is 347 g/mol. The van der Waals surface area contributed by atoms with E-state index in [1.807, 2.05) is 29.2 Å². The number of benzene rings is 1. The van der Waals surface area contributed by atoms with E-state index in [1.165, 1.54) is 0 Å². The normalized spacial score (nSPS) is 17.3. The first-order valence-corrected chi connectivity index (χ1v) is 9.55. The number of hydrogen-bond acceptors (Lipinski definition) is 4. The number of carbonyl (C=O) groups is 1. The first kappa shape index (κ1) is 17.3. The highest BCUT2D eigenvalue weighted by Crippen LogP contribution is 2.28. The number of rotatable bonds is 6. The maximum atomic E-state index is 12.4. The fourth-order valence-electron chi connectivity index (χ4n) is 3.12. The van der Waals surface area contributed by atoms with Gasteiger partial charge in [-0.3, -0.25) is 4.79 Å². The van der Waals surface area contributed by atoms with Gasteiger partial charge in [0.1, 0.15) is 5.82 Å². The van der Waals surface area contributed by atoms with Crippen molar-refractivity contribution >= 4 is 28.7 Å². The van der Waals surface area contributed by atoms with Crippen molar-refractivity contribution in [1.29, 1.82) is 0 Å². The molecule has 0 aliphatic carbocycles. The van der Waals surface area contributed by atoms with Crippen LogP contribution in [-0.2, 0) is 9.53 Å². The van der Waals surface area contributed by atoms with E-state index in [1.54, 1.807) is 18.9 Å². The van der Waals surface area contributed by atoms with Crippen LogP contribution in [0.1, 0.15) is 30.8 Å². The lowest BCUT2D eigenvalue weighted by Crippen LogP contribution is -2.40. The molecule has 2 heterocycles. The molecule has 1 saturated heterocycles. The Hall–Kier alpha value is -1.53. The molecule has 5 nitrogen and oxygen atoms in total. The number of hydrogen-bond donors (Lipinski definition) is 1. The highest BCUT2D eigenvalue weighted by molar-refractivity contribution is 8.00. The molecule has 0 radical (unpaired) electrons. The summed E-state index contributed by atoms with van der Waals surface area (Å²) in [5.74, 6) is 2.28. The van der Waals surface area contributed by atoms with Crippen LogP contribution in [0.2, 0.25) is 0 Å². The zero-order valence-electron chi connectivity index (χ0n) is 14.3. The molecule has 1 amide bonds. The highest BCUT2D eigenvalue weighted by Gasteiger charge is 2.23. The van der Waals surface area contributed by atoms with Crippen LogP contribution >= 0.6 is 11.8 Å². The molecular formula is C18H25N3O2S. The average molecular weight is 347 g/mol. The number of aromatic nitrogens is 2. The number of ether oxygens (including phenoxy) is 1. The zero-order valence-corrected chi connectivity index (χ0v) is 15.1. The maximum Gasteiger partial charge on any atom is 0.232 e. The largest absolute Gasteiger partial charge is 0.384 e. The molecule has 0 unspecified atom stereocenters. The topological polar surface area (TPSA) is 58.2 Å². The molecule has 1 aromatic heterocycles. The second-order valence-electron chi connectivity index (χ2n) is 6.37. The van der Waals surface area contributed by atoms with Gasteiger partial charge in [-0.15, -0.1) is 11.8 Å². The van der Waals surface area contributed by atoms with E-state index < -0.39 is 0 Å². The molecule has 1 aliphatic heterocycles. The summed E-state index contributed by atoms with van der Waals surface area (Å²) in [6.45, 7) is 4.61. The maximum absolute atomic E-state index is 12.4. The van der Waals surface area contributed by atoms with E-state index in [-0.39, 0.29) is 11.2 Å². The van der Waals surface area contributed by atoms with Gasteiger partial charge in [0.15, 0.2) is 0 Å². The fourth-order valence-corrected chi connectivity index (χ4v) is 3.96. The number of fused-ring (bicyclic) bond motifs is 1. The Bertz CT molecular complexity index is 647. The van der Waals surface area contributed by atoms with E-state index in [0.717, 1.165) is 49.4 Å². The lowest BCUT2D eigenvalue weighted by molar-refractivity contribution is -0.129. The SMILES string of the molecule is COCC1CCN(C(=O)CS[C@H](C)c2nc3ccccc3[nH]2)CC1. The average Bonchev–Trinajstić information content (AvgIpc) is 3.04. The third-order valence-electron chi connectivity index (χ3n) is 4.62. The number of piperidine rings is 1. The number of nitrogens with zero attached hydrogens (tertiary/aromatic N) is 2. The standard InChI is InChI=1S/C18H25N3O2S/c1-13(18-19-15-5-3-4-6-16(15)20-18)24-12-17(22)21-9-7-14(8-10-21)11-23-2/h3-6,13-14H,7-12H2,1-2H3,(H,19,20)/t13-/m1/s1. The van der Waals surface area contributed by atoms with Gasteiger partial charge in [0, 0.05) is 26.8 Å². The minimum atomic E-state index is 0.174. The molecule has 0 bridgehead atoms. The number of amides is 1. The smallest absolute Gasteiger partial charge is 0.232 e. The minimum absolute atomic E-state index is 0.174. The van der Waals surface area contributed by atoms with Crippen molar-refractivity contribution in [3.05, 3.63) is 30.1 Å². The van der Waals surface area contributed by atoms with Crippen LogP contribution < -0.4 is 0 Å². The molecule has 24 heavy (non-hydrogen) atoms. The summed E-state index contributed by atoms with van der Waals surface area (Å²) in [5, 5.41) is 0.174. The lowest BCUT2D eigenvalue weighted by Gasteiger charge is -2.31. The van der Waals surface area contributed by atoms with Gasteiger partial charge in [0.2, 0.25) is 5.91 Å². The quantitative estimate of drug-likeness (QED) is 0.871. The third kappa shape index (κ3) is 4.11. The highest BCUT2D eigenvalue weighted by atomic mass is 32.2. The van der Waals surface area contributed by atoms with Crippen molar-refractivity contribution in [1.82, 2.24) is 14.9 Å². The summed E-state index contributed by atoms with van der Waals surface area (Å²) in [6, 6.07) is 8.01. The molecule has 2 aromatic rings. The summed E-state index contributed by atoms with van der Waals surface area (Å²) in [4.78, 5) is 22.4. The van der Waals surface area contributed by atoms with Crippen molar-refractivity contribution in [2.24, 2.45) is 5.92 Å². The van der Waals surface area contributed by atoms with Gasteiger partial charge >= 0.3 is 0 Å². The van der Waals surface area contributed by atoms with Gasteiger partial charge in [-0.05, 0) is 37.8 Å². The van der Waals surface area contributed by atoms with Crippen LogP contribution in [0.3, 0.4) is 0 Å². The predicted octanol–water partition coefficient (Wildman–Crippen LogP) is 3.24. The molecule has 0 spiro atoms. The van der Waals surface area contributed by atoms with E-state index in [9.17, 15) is 4.79 Å². The first-order chi connectivity index (χ1) is 11.7. The van der Waals surface area contributed by atoms with E-state index in [4.69, 9.17) is 4.74 Å². The Morgan fingerprint density at radius 2 is 2.17 bits per heavy atom. The molecule has 1 N–H and O–H groups in total. The second-order valence-corrected chi connectivity index (χ2v) is 7.70. The van der Waals surface area contributed by atoms with Gasteiger partial charge < -0.3 is 14.6 Å². The van der Waals surface area contributed by atoms with Gasteiger partial charge in [0.25, 0.3) is 0 Å². The van der Waals surface area contributed by atoms with E-state index >= 15 is 0 Å². The molecule has 1 fully saturated rings. The van der Waals surface area contributed by atoms with Crippen LogP contribution in [0.15, 0.2) is 24.3 Å². The second kappa shape index (κ2) is 8.03. The first-order valence-electron chi connectivity index (χ1n) is 8.50. The Kier molecular flexibility index (Phi) is 5.79. The number of likely N-dealkylation sites (tertiary alicyclic amines) is 1. The van der Waals surface area contributed by atoms with Crippen molar-refractivity contribution < 1.29 is 9.53 Å². The van der Waals surface area contributed by atoms with Crippen molar-refractivity contribution in [3.8, 4) is 0 Å². The van der Waals surface area contributed by atoms with Gasteiger partial charge in [-0.1, -0.05) is 12.1 Å².